The quantitative estimate of drug-likeness (QED) is 0.726. The van der Waals surface area contributed by atoms with Crippen molar-refractivity contribution in [3.63, 3.8) is 0 Å². The summed E-state index contributed by atoms with van der Waals surface area (Å²) in [6.07, 6.45) is 9.10. The molecule has 0 atom stereocenters. The molecule has 1 N–H and O–H groups in total. The second-order valence-corrected chi connectivity index (χ2v) is 4.78. The summed E-state index contributed by atoms with van der Waals surface area (Å²) in [7, 11) is 0. The maximum absolute atomic E-state index is 3.24. The summed E-state index contributed by atoms with van der Waals surface area (Å²) in [6, 6.07) is 4.23. The number of aromatic nitrogens is 1. The fourth-order valence-electron chi connectivity index (χ4n) is 1.59. The van der Waals surface area contributed by atoms with Crippen LogP contribution in [-0.4, -0.2) is 4.98 Å². The predicted octanol–water partition coefficient (Wildman–Crippen LogP) is 2.48. The van der Waals surface area contributed by atoms with Crippen LogP contribution in [0.3, 0.4) is 0 Å². The third-order valence-electron chi connectivity index (χ3n) is 2.24. The van der Waals surface area contributed by atoms with Crippen LogP contribution in [0, 0.1) is 0 Å². The molecule has 0 aromatic carbocycles. The van der Waals surface area contributed by atoms with Gasteiger partial charge in [0, 0.05) is 0 Å². The van der Waals surface area contributed by atoms with E-state index in [1.165, 1.54) is 36.7 Å². The van der Waals surface area contributed by atoms with E-state index in [4.69, 9.17) is 0 Å². The third kappa shape index (κ3) is 2.15. The van der Waals surface area contributed by atoms with Gasteiger partial charge in [0.15, 0.2) is 0 Å². The number of hydrogen-bond donors (Lipinski definition) is 1. The Bertz CT molecular complexity index is 212. The van der Waals surface area contributed by atoms with Crippen molar-refractivity contribution in [3.05, 3.63) is 18.3 Å². The standard InChI is InChI=1S/C6H11.C4H4N.Cu/c1-2-4-6-5-3-1;1-2-4-5-3-1;/h1H,2-6H2;1-3,5H;. The molecule has 0 bridgehead atoms. The van der Waals surface area contributed by atoms with Crippen molar-refractivity contribution in [1.82, 2.24) is 4.98 Å². The Morgan fingerprint density at radius 1 is 1.25 bits per heavy atom. The van der Waals surface area contributed by atoms with Crippen LogP contribution in [-0.2, 0) is 15.0 Å². The van der Waals surface area contributed by atoms with Crippen LogP contribution in [0.1, 0.15) is 32.1 Å². The molecule has 0 aliphatic heterocycles. The Morgan fingerprint density at radius 3 is 2.75 bits per heavy atom. The molecule has 71 valence electrons. The van der Waals surface area contributed by atoms with E-state index < -0.39 is 0 Å². The van der Waals surface area contributed by atoms with Gasteiger partial charge >= 0.3 is 79.8 Å². The van der Waals surface area contributed by atoms with E-state index in [0.717, 1.165) is 4.82 Å². The molecule has 0 unspecified atom stereocenters. The predicted molar refractivity (Wildman–Crippen MR) is 47.3 cm³/mol. The SMILES string of the molecule is c1c[nH][c]([Cu][CH]2CCCCC2)c1. The normalized spacial score (nSPS) is 20.0. The van der Waals surface area contributed by atoms with Crippen molar-refractivity contribution in [2.75, 3.05) is 0 Å². The molecule has 2 heteroatoms. The van der Waals surface area contributed by atoms with Gasteiger partial charge in [-0.3, -0.25) is 0 Å². The zero-order chi connectivity index (χ0) is 8.23. The van der Waals surface area contributed by atoms with E-state index >= 15 is 0 Å². The molecule has 1 aromatic heterocycles. The van der Waals surface area contributed by atoms with E-state index in [2.05, 4.69) is 32.1 Å². The zero-order valence-electron chi connectivity index (χ0n) is 7.15. The fraction of sp³-hybridized carbons (Fsp3) is 0.600. The van der Waals surface area contributed by atoms with Gasteiger partial charge in [-0.05, 0) is 0 Å². The topological polar surface area (TPSA) is 15.8 Å². The Balaban J connectivity index is 1.86. The Hall–Kier alpha value is -0.201. The Labute approximate surface area is 80.1 Å². The van der Waals surface area contributed by atoms with Gasteiger partial charge in [0.1, 0.15) is 0 Å². The van der Waals surface area contributed by atoms with E-state index in [1.807, 2.05) is 6.20 Å². The van der Waals surface area contributed by atoms with Gasteiger partial charge in [-0.15, -0.1) is 0 Å². The summed E-state index contributed by atoms with van der Waals surface area (Å²) in [4.78, 5) is 4.10. The summed E-state index contributed by atoms with van der Waals surface area (Å²) in [5, 5.41) is 0. The molecule has 0 radical (unpaired) electrons. The monoisotopic (exact) mass is 212 g/mol. The minimum absolute atomic E-state index is 0.862. The summed E-state index contributed by atoms with van der Waals surface area (Å²) in [5.74, 6) is 0. The van der Waals surface area contributed by atoms with Gasteiger partial charge in [0.2, 0.25) is 0 Å². The Morgan fingerprint density at radius 2 is 2.08 bits per heavy atom. The summed E-state index contributed by atoms with van der Waals surface area (Å²) < 4.78 is 1.32. The molecule has 0 saturated heterocycles. The van der Waals surface area contributed by atoms with Crippen LogP contribution >= 0.6 is 0 Å². The number of rotatable bonds is 2. The van der Waals surface area contributed by atoms with Gasteiger partial charge in [0.25, 0.3) is 0 Å². The van der Waals surface area contributed by atoms with E-state index in [1.54, 1.807) is 0 Å². The molecule has 0 amide bonds. The third-order valence-corrected chi connectivity index (χ3v) is 3.76. The number of nitrogens with one attached hydrogen (secondary N) is 1. The molecular weight excluding hydrogens is 198 g/mol. The molecular formula is C10H15CuN. The summed E-state index contributed by atoms with van der Waals surface area (Å²) in [6.45, 7) is 0. The van der Waals surface area contributed by atoms with Crippen LogP contribution in [0.25, 0.3) is 0 Å². The minimum atomic E-state index is 0.862. The second kappa shape index (κ2) is 4.15. The first-order chi connectivity index (χ1) is 5.95. The molecule has 1 heterocycles. The molecule has 1 aliphatic rings. The Kier molecular flexibility index (Phi) is 2.91. The zero-order valence-corrected chi connectivity index (χ0v) is 8.09. The van der Waals surface area contributed by atoms with Crippen LogP contribution in [0.4, 0.5) is 0 Å². The molecule has 1 saturated carbocycles. The van der Waals surface area contributed by atoms with Gasteiger partial charge < -0.3 is 0 Å². The molecule has 1 aromatic rings. The second-order valence-electron chi connectivity index (χ2n) is 3.24. The molecule has 1 aliphatic carbocycles. The van der Waals surface area contributed by atoms with Crippen LogP contribution in [0.15, 0.2) is 18.3 Å². The molecule has 12 heavy (non-hydrogen) atoms. The average molecular weight is 213 g/mol. The molecule has 2 rings (SSSR count). The van der Waals surface area contributed by atoms with Crippen molar-refractivity contribution >= 4 is 4.59 Å². The fourth-order valence-corrected chi connectivity index (χ4v) is 3.00. The first kappa shape index (κ1) is 8.40. The number of H-pyrrole nitrogens is 1. The first-order valence-electron chi connectivity index (χ1n) is 4.64. The first-order valence-corrected chi connectivity index (χ1v) is 5.65. The number of aromatic amines is 1. The van der Waals surface area contributed by atoms with Crippen LogP contribution < -0.4 is 4.59 Å². The van der Waals surface area contributed by atoms with Crippen LogP contribution in [0.2, 0.25) is 4.82 Å². The van der Waals surface area contributed by atoms with E-state index in [9.17, 15) is 0 Å². The van der Waals surface area contributed by atoms with Gasteiger partial charge in [-0.2, -0.15) is 0 Å². The van der Waals surface area contributed by atoms with E-state index in [-0.39, 0.29) is 0 Å². The van der Waals surface area contributed by atoms with Gasteiger partial charge in [-0.25, -0.2) is 0 Å². The summed E-state index contributed by atoms with van der Waals surface area (Å²) in [5.41, 5.74) is 0. The van der Waals surface area contributed by atoms with Crippen LogP contribution in [0.5, 0.6) is 0 Å². The summed E-state index contributed by atoms with van der Waals surface area (Å²) >= 11 is 2.11. The maximum atomic E-state index is 3.24. The van der Waals surface area contributed by atoms with Crippen molar-refractivity contribution in [1.29, 1.82) is 0 Å². The van der Waals surface area contributed by atoms with Gasteiger partial charge in [0.05, 0.1) is 0 Å². The molecule has 1 fully saturated rings. The average Bonchev–Trinajstić information content (AvgIpc) is 2.59. The van der Waals surface area contributed by atoms with Gasteiger partial charge in [-0.1, -0.05) is 0 Å². The number of hydrogen-bond acceptors (Lipinski definition) is 0. The molecule has 1 nitrogen and oxygen atoms in total. The van der Waals surface area contributed by atoms with Crippen molar-refractivity contribution in [2.24, 2.45) is 0 Å². The van der Waals surface area contributed by atoms with Crippen molar-refractivity contribution in [2.45, 2.75) is 36.9 Å². The molecule has 0 spiro atoms. The van der Waals surface area contributed by atoms with E-state index in [0.29, 0.717) is 0 Å². The van der Waals surface area contributed by atoms with Crippen molar-refractivity contribution in [3.8, 4) is 0 Å². The van der Waals surface area contributed by atoms with Crippen molar-refractivity contribution < 1.29 is 15.0 Å².